The number of anilines is 1. The first-order valence-corrected chi connectivity index (χ1v) is 2.45. The molecule has 1 aromatic rings. The van der Waals surface area contributed by atoms with Gasteiger partial charge in [-0.15, -0.1) is 0 Å². The van der Waals surface area contributed by atoms with E-state index >= 15 is 0 Å². The molecular formula is C4H7FN4. The van der Waals surface area contributed by atoms with E-state index in [0.717, 1.165) is 0 Å². The predicted molar refractivity (Wildman–Crippen MR) is 30.2 cm³/mol. The third-order valence-corrected chi connectivity index (χ3v) is 0.960. The van der Waals surface area contributed by atoms with Gasteiger partial charge in [-0.1, -0.05) is 0 Å². The van der Waals surface area contributed by atoms with Crippen LogP contribution in [0.3, 0.4) is 0 Å². The number of nitrogens with zero attached hydrogens (tertiary/aromatic N) is 3. The van der Waals surface area contributed by atoms with E-state index in [0.29, 0.717) is 0 Å². The second-order valence-corrected chi connectivity index (χ2v) is 1.64. The summed E-state index contributed by atoms with van der Waals surface area (Å²) < 4.78 is 13.1. The van der Waals surface area contributed by atoms with Crippen LogP contribution in [0.4, 0.5) is 10.3 Å². The lowest BCUT2D eigenvalue weighted by Crippen LogP contribution is -1.97. The van der Waals surface area contributed by atoms with Gasteiger partial charge >= 0.3 is 0 Å². The molecule has 0 fully saturated rings. The lowest BCUT2D eigenvalue weighted by molar-refractivity contribution is 0.463. The van der Waals surface area contributed by atoms with Gasteiger partial charge in [0, 0.05) is 7.05 Å². The Balaban J connectivity index is 2.98. The van der Waals surface area contributed by atoms with Crippen molar-refractivity contribution < 1.29 is 4.39 Å². The van der Waals surface area contributed by atoms with Crippen LogP contribution in [0.1, 0.15) is 5.82 Å². The highest BCUT2D eigenvalue weighted by Crippen LogP contribution is 1.97. The highest BCUT2D eigenvalue weighted by Gasteiger charge is 2.00. The third-order valence-electron chi connectivity index (χ3n) is 0.960. The lowest BCUT2D eigenvalue weighted by Gasteiger charge is -1.85. The van der Waals surface area contributed by atoms with Crippen LogP contribution in [-0.2, 0) is 13.7 Å². The molecule has 1 heterocycles. The van der Waals surface area contributed by atoms with Crippen LogP contribution < -0.4 is 5.73 Å². The molecule has 0 saturated carbocycles. The minimum absolute atomic E-state index is 0.134. The summed E-state index contributed by atoms with van der Waals surface area (Å²) in [4.78, 5) is 3.58. The van der Waals surface area contributed by atoms with Gasteiger partial charge in [0.25, 0.3) is 0 Å². The lowest BCUT2D eigenvalue weighted by atomic mass is 10.7. The molecule has 0 radical (unpaired) electrons. The monoisotopic (exact) mass is 130 g/mol. The van der Waals surface area contributed by atoms with Crippen LogP contribution >= 0.6 is 0 Å². The Morgan fingerprint density at radius 3 is 2.67 bits per heavy atom. The van der Waals surface area contributed by atoms with Crippen LogP contribution in [0.2, 0.25) is 0 Å². The fourth-order valence-corrected chi connectivity index (χ4v) is 0.508. The Hall–Kier alpha value is -1.13. The standard InChI is InChI=1S/C4H7FN4/c1-9-4(6)7-3(2-5)8-9/h2H2,1H3,(H2,6,7,8). The number of aryl methyl sites for hydroxylation is 1. The van der Waals surface area contributed by atoms with E-state index in [9.17, 15) is 4.39 Å². The van der Waals surface area contributed by atoms with Gasteiger partial charge in [-0.05, 0) is 0 Å². The molecule has 4 nitrogen and oxygen atoms in total. The van der Waals surface area contributed by atoms with Crippen LogP contribution in [-0.4, -0.2) is 14.8 Å². The number of rotatable bonds is 1. The minimum atomic E-state index is -0.662. The normalized spacial score (nSPS) is 10.0. The maximum atomic E-state index is 11.7. The highest BCUT2D eigenvalue weighted by molar-refractivity contribution is 5.14. The molecular weight excluding hydrogens is 123 g/mol. The maximum absolute atomic E-state index is 11.7. The van der Waals surface area contributed by atoms with Gasteiger partial charge < -0.3 is 5.73 Å². The summed E-state index contributed by atoms with van der Waals surface area (Å²) in [5, 5.41) is 3.63. The number of hydrogen-bond donors (Lipinski definition) is 1. The number of hydrogen-bond acceptors (Lipinski definition) is 3. The molecule has 2 N–H and O–H groups in total. The van der Waals surface area contributed by atoms with E-state index < -0.39 is 6.67 Å². The van der Waals surface area contributed by atoms with Crippen LogP contribution in [0, 0.1) is 0 Å². The van der Waals surface area contributed by atoms with Gasteiger partial charge in [-0.2, -0.15) is 10.1 Å². The number of nitrogens with two attached hydrogens (primary N) is 1. The zero-order chi connectivity index (χ0) is 6.85. The van der Waals surface area contributed by atoms with Gasteiger partial charge in [0.05, 0.1) is 0 Å². The van der Waals surface area contributed by atoms with Crippen molar-refractivity contribution in [2.75, 3.05) is 5.73 Å². The van der Waals surface area contributed by atoms with Gasteiger partial charge in [-0.25, -0.2) is 9.07 Å². The van der Waals surface area contributed by atoms with E-state index in [2.05, 4.69) is 10.1 Å². The molecule has 0 bridgehead atoms. The van der Waals surface area contributed by atoms with Crippen molar-refractivity contribution in [3.63, 3.8) is 0 Å². The minimum Gasteiger partial charge on any atom is -0.368 e. The molecule has 0 amide bonds. The Bertz CT molecular complexity index is 187. The van der Waals surface area contributed by atoms with E-state index in [1.54, 1.807) is 7.05 Å². The molecule has 0 aliphatic carbocycles. The third kappa shape index (κ3) is 0.984. The van der Waals surface area contributed by atoms with Crippen molar-refractivity contribution in [3.8, 4) is 0 Å². The molecule has 9 heavy (non-hydrogen) atoms. The largest absolute Gasteiger partial charge is 0.368 e. The first-order valence-electron chi connectivity index (χ1n) is 2.45. The van der Waals surface area contributed by atoms with E-state index in [-0.39, 0.29) is 11.8 Å². The molecule has 0 unspecified atom stereocenters. The Kier molecular flexibility index (Phi) is 1.33. The van der Waals surface area contributed by atoms with Crippen LogP contribution in [0.15, 0.2) is 0 Å². The molecule has 1 rings (SSSR count). The maximum Gasteiger partial charge on any atom is 0.218 e. The van der Waals surface area contributed by atoms with Crippen molar-refractivity contribution >= 4 is 5.95 Å². The highest BCUT2D eigenvalue weighted by atomic mass is 19.1. The average molecular weight is 130 g/mol. The summed E-state index contributed by atoms with van der Waals surface area (Å²) in [6.45, 7) is -0.662. The Morgan fingerprint density at radius 1 is 1.78 bits per heavy atom. The summed E-state index contributed by atoms with van der Waals surface area (Å²) in [6.07, 6.45) is 0. The number of alkyl halides is 1. The smallest absolute Gasteiger partial charge is 0.218 e. The number of aromatic nitrogens is 3. The molecule has 0 saturated heterocycles. The SMILES string of the molecule is Cn1nc(CF)nc1N. The van der Waals surface area contributed by atoms with Crippen molar-refractivity contribution in [2.45, 2.75) is 6.67 Å². The molecule has 0 aliphatic rings. The fourth-order valence-electron chi connectivity index (χ4n) is 0.508. The Labute approximate surface area is 51.5 Å². The quantitative estimate of drug-likeness (QED) is 0.576. The molecule has 1 aromatic heterocycles. The molecule has 50 valence electrons. The molecule has 0 atom stereocenters. The molecule has 0 aromatic carbocycles. The van der Waals surface area contributed by atoms with Gasteiger partial charge in [0.2, 0.25) is 5.95 Å². The van der Waals surface area contributed by atoms with Crippen LogP contribution in [0.25, 0.3) is 0 Å². The molecule has 0 aliphatic heterocycles. The van der Waals surface area contributed by atoms with Crippen molar-refractivity contribution in [1.82, 2.24) is 14.8 Å². The van der Waals surface area contributed by atoms with E-state index in [1.807, 2.05) is 0 Å². The second kappa shape index (κ2) is 2.00. The average Bonchev–Trinajstić information content (AvgIpc) is 2.13. The zero-order valence-corrected chi connectivity index (χ0v) is 5.00. The summed E-state index contributed by atoms with van der Waals surface area (Å²) in [5.74, 6) is 0.373. The van der Waals surface area contributed by atoms with Gasteiger partial charge in [0.15, 0.2) is 12.5 Å². The van der Waals surface area contributed by atoms with Gasteiger partial charge in [0.1, 0.15) is 0 Å². The van der Waals surface area contributed by atoms with Crippen LogP contribution in [0.5, 0.6) is 0 Å². The Morgan fingerprint density at radius 2 is 2.44 bits per heavy atom. The first-order chi connectivity index (χ1) is 4.24. The number of nitrogen functional groups attached to an aromatic ring is 1. The zero-order valence-electron chi connectivity index (χ0n) is 5.00. The molecule has 5 heteroatoms. The second-order valence-electron chi connectivity index (χ2n) is 1.64. The van der Waals surface area contributed by atoms with E-state index in [1.165, 1.54) is 4.68 Å². The predicted octanol–water partition coefficient (Wildman–Crippen LogP) is -0.133. The van der Waals surface area contributed by atoms with Gasteiger partial charge in [-0.3, -0.25) is 0 Å². The first kappa shape index (κ1) is 6.00. The fraction of sp³-hybridized carbons (Fsp3) is 0.500. The van der Waals surface area contributed by atoms with Crippen molar-refractivity contribution in [3.05, 3.63) is 5.82 Å². The van der Waals surface area contributed by atoms with Crippen molar-refractivity contribution in [2.24, 2.45) is 7.05 Å². The summed E-state index contributed by atoms with van der Waals surface area (Å²) >= 11 is 0. The topological polar surface area (TPSA) is 56.7 Å². The summed E-state index contributed by atoms with van der Waals surface area (Å²) in [6, 6.07) is 0. The van der Waals surface area contributed by atoms with E-state index in [4.69, 9.17) is 5.73 Å². The summed E-state index contributed by atoms with van der Waals surface area (Å²) in [5.41, 5.74) is 5.24. The number of halogens is 1. The molecule has 0 spiro atoms. The summed E-state index contributed by atoms with van der Waals surface area (Å²) in [7, 11) is 1.61. The van der Waals surface area contributed by atoms with Crippen molar-refractivity contribution in [1.29, 1.82) is 0 Å².